The smallest absolute Gasteiger partial charge is 0.336 e. The average Bonchev–Trinajstić information content (AvgIpc) is 2.73. The molecule has 1 amide bonds. The maximum atomic E-state index is 12.5. The normalized spacial score (nSPS) is 11.6. The monoisotopic (exact) mass is 364 g/mol. The van der Waals surface area contributed by atoms with E-state index in [0.717, 1.165) is 12.1 Å². The van der Waals surface area contributed by atoms with Crippen LogP contribution in [-0.2, 0) is 19.8 Å². The number of alkyl halides is 3. The van der Waals surface area contributed by atoms with Crippen LogP contribution >= 0.6 is 23.2 Å². The van der Waals surface area contributed by atoms with Crippen molar-refractivity contribution >= 4 is 29.1 Å². The fourth-order valence-electron chi connectivity index (χ4n) is 2.09. The maximum absolute atomic E-state index is 12.5. The minimum atomic E-state index is -4.38. The van der Waals surface area contributed by atoms with E-state index in [-0.39, 0.29) is 22.6 Å². The zero-order chi connectivity index (χ0) is 17.4. The Balaban J connectivity index is 2.13. The lowest BCUT2D eigenvalue weighted by molar-refractivity contribution is -0.137. The van der Waals surface area contributed by atoms with Gasteiger partial charge in [-0.1, -0.05) is 35.3 Å². The molecule has 0 fully saturated rings. The lowest BCUT2D eigenvalue weighted by atomic mass is 10.1. The lowest BCUT2D eigenvalue weighted by Crippen LogP contribution is -2.27. The first-order valence-corrected chi connectivity index (χ1v) is 7.29. The van der Waals surface area contributed by atoms with Crippen molar-refractivity contribution in [3.63, 3.8) is 0 Å². The van der Waals surface area contributed by atoms with E-state index in [2.05, 4.69) is 0 Å². The average molecular weight is 365 g/mol. The highest BCUT2D eigenvalue weighted by Gasteiger charge is 2.30. The molecule has 0 saturated carbocycles. The van der Waals surface area contributed by atoms with Gasteiger partial charge in [0.25, 0.3) is 5.91 Å². The predicted molar refractivity (Wildman–Crippen MR) is 82.7 cm³/mol. The molecule has 2 aromatic rings. The van der Waals surface area contributed by atoms with Crippen molar-refractivity contribution in [3.05, 3.63) is 57.3 Å². The Labute approximate surface area is 141 Å². The second-order valence-electron chi connectivity index (χ2n) is 5.08. The van der Waals surface area contributed by atoms with Crippen LogP contribution in [-0.4, -0.2) is 22.4 Å². The second kappa shape index (κ2) is 6.45. The van der Waals surface area contributed by atoms with Gasteiger partial charge in [-0.3, -0.25) is 4.79 Å². The Bertz CT molecular complexity index is 724. The third-order valence-corrected chi connectivity index (χ3v) is 4.23. The highest BCUT2D eigenvalue weighted by atomic mass is 35.5. The molecule has 0 radical (unpaired) electrons. The summed E-state index contributed by atoms with van der Waals surface area (Å²) in [4.78, 5) is 13.7. The molecule has 0 spiro atoms. The molecule has 0 bridgehead atoms. The van der Waals surface area contributed by atoms with Crippen LogP contribution in [0.2, 0.25) is 10.2 Å². The first kappa shape index (κ1) is 17.7. The number of benzene rings is 1. The fourth-order valence-corrected chi connectivity index (χ4v) is 2.46. The Morgan fingerprint density at radius 2 is 1.78 bits per heavy atom. The minimum Gasteiger partial charge on any atom is -0.336 e. The van der Waals surface area contributed by atoms with E-state index in [1.165, 1.54) is 27.7 Å². The molecular weight excluding hydrogens is 352 g/mol. The Morgan fingerprint density at radius 1 is 1.22 bits per heavy atom. The van der Waals surface area contributed by atoms with Gasteiger partial charge in [0.05, 0.1) is 10.6 Å². The summed E-state index contributed by atoms with van der Waals surface area (Å²) in [7, 11) is 3.15. The van der Waals surface area contributed by atoms with Crippen molar-refractivity contribution in [1.29, 1.82) is 0 Å². The molecule has 8 heteroatoms. The Morgan fingerprint density at radius 3 is 2.22 bits per heavy atom. The van der Waals surface area contributed by atoms with Gasteiger partial charge < -0.3 is 9.47 Å². The topological polar surface area (TPSA) is 25.2 Å². The molecular formula is C15H13Cl2F3N2O. The van der Waals surface area contributed by atoms with Crippen LogP contribution in [0.4, 0.5) is 13.2 Å². The summed E-state index contributed by atoms with van der Waals surface area (Å²) in [6.07, 6.45) is -4.38. The Kier molecular flexibility index (Phi) is 4.96. The molecule has 0 saturated heterocycles. The van der Waals surface area contributed by atoms with Gasteiger partial charge in [0.1, 0.15) is 10.8 Å². The van der Waals surface area contributed by atoms with Gasteiger partial charge in [0.2, 0.25) is 0 Å². The SMILES string of the molecule is CN(Cc1ccc(C(F)(F)F)cc1)C(=O)c1cc(Cl)c(Cl)n1C. The summed E-state index contributed by atoms with van der Waals surface area (Å²) in [6, 6.07) is 6.12. The summed E-state index contributed by atoms with van der Waals surface area (Å²) in [5.74, 6) is -0.332. The molecule has 23 heavy (non-hydrogen) atoms. The van der Waals surface area contributed by atoms with Crippen LogP contribution in [0.1, 0.15) is 21.6 Å². The van der Waals surface area contributed by atoms with Crippen LogP contribution in [0.3, 0.4) is 0 Å². The van der Waals surface area contributed by atoms with E-state index in [1.54, 1.807) is 14.1 Å². The molecule has 3 nitrogen and oxygen atoms in total. The third-order valence-electron chi connectivity index (χ3n) is 3.38. The van der Waals surface area contributed by atoms with Gasteiger partial charge in [0.15, 0.2) is 0 Å². The molecule has 124 valence electrons. The molecule has 1 aromatic heterocycles. The van der Waals surface area contributed by atoms with Crippen LogP contribution in [0, 0.1) is 0 Å². The number of carbonyl (C=O) groups excluding carboxylic acids is 1. The highest BCUT2D eigenvalue weighted by molar-refractivity contribution is 6.41. The van der Waals surface area contributed by atoms with Crippen molar-refractivity contribution in [2.75, 3.05) is 7.05 Å². The number of nitrogens with zero attached hydrogens (tertiary/aromatic N) is 2. The van der Waals surface area contributed by atoms with E-state index in [9.17, 15) is 18.0 Å². The number of halogens is 5. The summed E-state index contributed by atoms with van der Waals surface area (Å²) in [5, 5.41) is 0.512. The van der Waals surface area contributed by atoms with Gasteiger partial charge in [-0.2, -0.15) is 13.2 Å². The number of amides is 1. The number of aromatic nitrogens is 1. The van der Waals surface area contributed by atoms with E-state index in [1.807, 2.05) is 0 Å². The Hall–Kier alpha value is -1.66. The summed E-state index contributed by atoms with van der Waals surface area (Å²) < 4.78 is 39.0. The van der Waals surface area contributed by atoms with Gasteiger partial charge >= 0.3 is 6.18 Å². The molecule has 0 unspecified atom stereocenters. The van der Waals surface area contributed by atoms with Crippen molar-refractivity contribution in [2.24, 2.45) is 7.05 Å². The van der Waals surface area contributed by atoms with Crippen LogP contribution in [0.5, 0.6) is 0 Å². The summed E-state index contributed by atoms with van der Waals surface area (Å²) in [6.45, 7) is 0.164. The fraction of sp³-hybridized carbons (Fsp3) is 0.267. The predicted octanol–water partition coefficient (Wildman–Crippen LogP) is 4.62. The first-order valence-electron chi connectivity index (χ1n) is 6.53. The van der Waals surface area contributed by atoms with E-state index in [4.69, 9.17) is 23.2 Å². The van der Waals surface area contributed by atoms with Crippen LogP contribution < -0.4 is 0 Å². The highest BCUT2D eigenvalue weighted by Crippen LogP contribution is 2.29. The molecule has 0 aliphatic carbocycles. The molecule has 1 aromatic carbocycles. The van der Waals surface area contributed by atoms with Gasteiger partial charge in [-0.25, -0.2) is 0 Å². The minimum absolute atomic E-state index is 0.164. The quantitative estimate of drug-likeness (QED) is 0.779. The van der Waals surface area contributed by atoms with Crippen molar-refractivity contribution < 1.29 is 18.0 Å². The zero-order valence-electron chi connectivity index (χ0n) is 12.3. The van der Waals surface area contributed by atoms with Crippen LogP contribution in [0.15, 0.2) is 30.3 Å². The van der Waals surface area contributed by atoms with E-state index < -0.39 is 11.7 Å². The zero-order valence-corrected chi connectivity index (χ0v) is 13.8. The van der Waals surface area contributed by atoms with Crippen molar-refractivity contribution in [3.8, 4) is 0 Å². The third kappa shape index (κ3) is 3.82. The van der Waals surface area contributed by atoms with Crippen molar-refractivity contribution in [1.82, 2.24) is 9.47 Å². The molecule has 1 heterocycles. The van der Waals surface area contributed by atoms with Gasteiger partial charge in [0, 0.05) is 20.6 Å². The van der Waals surface area contributed by atoms with Crippen molar-refractivity contribution in [2.45, 2.75) is 12.7 Å². The largest absolute Gasteiger partial charge is 0.416 e. The molecule has 0 aliphatic heterocycles. The number of hydrogen-bond donors (Lipinski definition) is 0. The number of carbonyl (C=O) groups is 1. The van der Waals surface area contributed by atoms with Gasteiger partial charge in [-0.15, -0.1) is 0 Å². The first-order chi connectivity index (χ1) is 10.6. The number of rotatable bonds is 3. The van der Waals surface area contributed by atoms with Gasteiger partial charge in [-0.05, 0) is 23.8 Å². The molecule has 0 atom stereocenters. The van der Waals surface area contributed by atoms with E-state index >= 15 is 0 Å². The summed E-state index contributed by atoms with van der Waals surface area (Å²) in [5.41, 5.74) is 0.158. The molecule has 0 N–H and O–H groups in total. The van der Waals surface area contributed by atoms with E-state index in [0.29, 0.717) is 11.3 Å². The summed E-state index contributed by atoms with van der Waals surface area (Å²) >= 11 is 11.8. The standard InChI is InChI=1S/C15H13Cl2F3N2O/c1-21(14(23)12-7-11(16)13(17)22(12)2)8-9-3-5-10(6-4-9)15(18,19)20/h3-7H,8H2,1-2H3. The molecule has 0 aliphatic rings. The number of hydrogen-bond acceptors (Lipinski definition) is 1. The second-order valence-corrected chi connectivity index (χ2v) is 5.85. The maximum Gasteiger partial charge on any atom is 0.416 e. The van der Waals surface area contributed by atoms with Crippen LogP contribution in [0.25, 0.3) is 0 Å². The lowest BCUT2D eigenvalue weighted by Gasteiger charge is -2.18. The molecule has 2 rings (SSSR count).